The number of rotatable bonds is 4. The Balaban J connectivity index is 1.46. The molecule has 3 aromatic carbocycles. The summed E-state index contributed by atoms with van der Waals surface area (Å²) in [5.41, 5.74) is 8.10. The average molecular weight is 551 g/mol. The summed E-state index contributed by atoms with van der Waals surface area (Å²) < 4.78 is 0. The molecule has 2 heterocycles. The van der Waals surface area contributed by atoms with E-state index in [9.17, 15) is 0 Å². The molecule has 7 rings (SSSR count). The zero-order valence-corrected chi connectivity index (χ0v) is 23.9. The van der Waals surface area contributed by atoms with Gasteiger partial charge in [-0.15, -0.1) is 0 Å². The largest absolute Gasteiger partial charge is 0.246 e. The van der Waals surface area contributed by atoms with Gasteiger partial charge >= 0.3 is 0 Å². The fourth-order valence-electron chi connectivity index (χ4n) is 5.78. The molecule has 1 atom stereocenters. The highest BCUT2D eigenvalue weighted by Gasteiger charge is 2.15. The summed E-state index contributed by atoms with van der Waals surface area (Å²) in [6, 6.07) is 27.5. The minimum absolute atomic E-state index is 0.256. The molecule has 0 spiro atoms. The summed E-state index contributed by atoms with van der Waals surface area (Å²) in [6.45, 7) is 4.04. The molecule has 4 aromatic rings. The van der Waals surface area contributed by atoms with Crippen molar-refractivity contribution in [3.8, 4) is 23.0 Å². The van der Waals surface area contributed by atoms with Crippen LogP contribution in [0.15, 0.2) is 151 Å². The molecular weight excluding hydrogens is 520 g/mol. The average Bonchev–Trinajstić information content (AvgIpc) is 3.42. The number of hydrogen-bond donors (Lipinski definition) is 0. The lowest BCUT2D eigenvalue weighted by Crippen LogP contribution is -2.33. The van der Waals surface area contributed by atoms with E-state index in [2.05, 4.69) is 140 Å². The highest BCUT2D eigenvalue weighted by molar-refractivity contribution is 6.16. The van der Waals surface area contributed by atoms with Crippen LogP contribution in [-0.4, -0.2) is 10.7 Å². The van der Waals surface area contributed by atoms with Gasteiger partial charge in [0.15, 0.2) is 0 Å². The van der Waals surface area contributed by atoms with E-state index in [1.807, 2.05) is 18.2 Å². The van der Waals surface area contributed by atoms with Crippen LogP contribution < -0.4 is 10.6 Å². The lowest BCUT2D eigenvalue weighted by Gasteiger charge is -2.12. The maximum absolute atomic E-state index is 5.30. The first kappa shape index (κ1) is 26.4. The minimum Gasteiger partial charge on any atom is -0.246 e. The number of aromatic nitrogens is 1. The minimum atomic E-state index is 0.256. The van der Waals surface area contributed by atoms with E-state index in [4.69, 9.17) is 9.98 Å². The van der Waals surface area contributed by atoms with Gasteiger partial charge in [-0.2, -0.15) is 0 Å². The van der Waals surface area contributed by atoms with Crippen molar-refractivity contribution in [3.05, 3.63) is 168 Å². The van der Waals surface area contributed by atoms with Gasteiger partial charge in [-0.05, 0) is 57.5 Å². The number of nitrogens with zero attached hydrogens (tertiary/aromatic N) is 2. The Morgan fingerprint density at radius 2 is 1.67 bits per heavy atom. The van der Waals surface area contributed by atoms with E-state index >= 15 is 0 Å². The maximum Gasteiger partial charge on any atom is 0.120 e. The molecule has 204 valence electrons. The summed E-state index contributed by atoms with van der Waals surface area (Å²) in [5, 5.41) is 4.21. The number of hydrogen-bond acceptors (Lipinski definition) is 2. The van der Waals surface area contributed by atoms with E-state index in [-0.39, 0.29) is 5.92 Å². The molecule has 1 unspecified atom stereocenters. The van der Waals surface area contributed by atoms with Crippen LogP contribution in [0.1, 0.15) is 24.1 Å². The summed E-state index contributed by atoms with van der Waals surface area (Å²) >= 11 is 0. The second-order valence-electron chi connectivity index (χ2n) is 10.8. The SMILES string of the molecule is C=C/C=c1/c(-c2ccccc2)cc(C2=CC=C3C=CCC=CC3C=C2)n/c1=C1/CC#CC(c2ccc3ccccc3c2)=N1. The van der Waals surface area contributed by atoms with E-state index in [1.54, 1.807) is 0 Å². The topological polar surface area (TPSA) is 25.2 Å². The monoisotopic (exact) mass is 550 g/mol. The predicted molar refractivity (Wildman–Crippen MR) is 181 cm³/mol. The lowest BCUT2D eigenvalue weighted by molar-refractivity contribution is 1.01. The van der Waals surface area contributed by atoms with Crippen LogP contribution >= 0.6 is 0 Å². The van der Waals surface area contributed by atoms with Crippen molar-refractivity contribution in [2.45, 2.75) is 12.8 Å². The number of pyridine rings is 1. The first-order chi connectivity index (χ1) is 21.3. The van der Waals surface area contributed by atoms with Gasteiger partial charge in [0.05, 0.1) is 23.2 Å². The molecule has 2 nitrogen and oxygen atoms in total. The van der Waals surface area contributed by atoms with Crippen molar-refractivity contribution in [2.24, 2.45) is 10.9 Å². The van der Waals surface area contributed by atoms with Crippen molar-refractivity contribution >= 4 is 33.8 Å². The van der Waals surface area contributed by atoms with Crippen molar-refractivity contribution in [3.63, 3.8) is 0 Å². The Morgan fingerprint density at radius 1 is 0.814 bits per heavy atom. The fourth-order valence-corrected chi connectivity index (χ4v) is 5.78. The molecule has 2 heteroatoms. The summed E-state index contributed by atoms with van der Waals surface area (Å²) in [7, 11) is 0. The first-order valence-corrected chi connectivity index (χ1v) is 14.7. The van der Waals surface area contributed by atoms with Crippen molar-refractivity contribution in [2.75, 3.05) is 0 Å². The molecule has 1 aliphatic heterocycles. The molecule has 3 aliphatic rings. The van der Waals surface area contributed by atoms with E-state index < -0.39 is 0 Å². The summed E-state index contributed by atoms with van der Waals surface area (Å²) in [4.78, 5) is 10.5. The van der Waals surface area contributed by atoms with Gasteiger partial charge in [-0.1, -0.05) is 140 Å². The van der Waals surface area contributed by atoms with Crippen LogP contribution in [0.25, 0.3) is 39.2 Å². The summed E-state index contributed by atoms with van der Waals surface area (Å²) in [5.74, 6) is 6.91. The molecule has 2 aliphatic carbocycles. The number of allylic oxidation sites excluding steroid dienone is 11. The second-order valence-corrected chi connectivity index (χ2v) is 10.8. The Labute approximate surface area is 252 Å². The third-order valence-corrected chi connectivity index (χ3v) is 7.98. The highest BCUT2D eigenvalue weighted by atomic mass is 14.8. The van der Waals surface area contributed by atoms with Crippen LogP contribution in [0.3, 0.4) is 0 Å². The Morgan fingerprint density at radius 3 is 2.56 bits per heavy atom. The van der Waals surface area contributed by atoms with Crippen LogP contribution in [0.5, 0.6) is 0 Å². The normalized spacial score (nSPS) is 18.9. The van der Waals surface area contributed by atoms with E-state index in [1.165, 1.54) is 16.3 Å². The number of fused-ring (bicyclic) bond motifs is 2. The maximum atomic E-state index is 5.30. The Hall–Kier alpha value is -5.52. The summed E-state index contributed by atoms with van der Waals surface area (Å²) in [6.07, 6.45) is 23.2. The van der Waals surface area contributed by atoms with Crippen LogP contribution in [0.4, 0.5) is 0 Å². The first-order valence-electron chi connectivity index (χ1n) is 14.7. The van der Waals surface area contributed by atoms with E-state index in [0.29, 0.717) is 6.42 Å². The Kier molecular flexibility index (Phi) is 7.22. The fraction of sp³-hybridized carbons (Fsp3) is 0.0732. The molecule has 0 saturated heterocycles. The van der Waals surface area contributed by atoms with E-state index in [0.717, 1.165) is 56.4 Å². The van der Waals surface area contributed by atoms with Crippen molar-refractivity contribution < 1.29 is 0 Å². The zero-order chi connectivity index (χ0) is 29.0. The van der Waals surface area contributed by atoms with Gasteiger partial charge in [0.2, 0.25) is 0 Å². The lowest BCUT2D eigenvalue weighted by atomic mass is 9.98. The van der Waals surface area contributed by atoms with Crippen LogP contribution in [0, 0.1) is 17.8 Å². The molecule has 43 heavy (non-hydrogen) atoms. The van der Waals surface area contributed by atoms with Gasteiger partial charge in [0, 0.05) is 16.7 Å². The van der Waals surface area contributed by atoms with Gasteiger partial charge < -0.3 is 0 Å². The van der Waals surface area contributed by atoms with Gasteiger partial charge in [-0.3, -0.25) is 0 Å². The smallest absolute Gasteiger partial charge is 0.120 e. The molecule has 1 aromatic heterocycles. The van der Waals surface area contributed by atoms with Crippen molar-refractivity contribution in [1.29, 1.82) is 0 Å². The molecule has 0 N–H and O–H groups in total. The van der Waals surface area contributed by atoms with Crippen LogP contribution in [-0.2, 0) is 0 Å². The second kappa shape index (κ2) is 11.8. The quantitative estimate of drug-likeness (QED) is 0.187. The van der Waals surface area contributed by atoms with Crippen LogP contribution in [0.2, 0.25) is 0 Å². The molecule has 0 amide bonds. The number of benzene rings is 3. The molecule has 0 fully saturated rings. The number of aliphatic imine (C=N–C) groups is 1. The highest BCUT2D eigenvalue weighted by Crippen LogP contribution is 2.27. The van der Waals surface area contributed by atoms with Gasteiger partial charge in [0.1, 0.15) is 5.71 Å². The molecule has 0 bridgehead atoms. The molecule has 0 radical (unpaired) electrons. The standard InChI is InChI=1S/C41H30N2/c1-2-12-36-37(32-16-7-4-8-17-32)28-40(33-24-21-29-13-5-3-6-14-30(29)22-25-33)43-41(36)39-20-11-19-38(42-39)35-26-23-31-15-9-10-18-34(31)27-35/h2,4-10,12-18,21-29H,1,3,20H2/b36-12-,41-39-. The van der Waals surface area contributed by atoms with Gasteiger partial charge in [-0.25, -0.2) is 9.98 Å². The Bertz CT molecular complexity index is 2140. The predicted octanol–water partition coefficient (Wildman–Crippen LogP) is 7.88. The molecule has 0 saturated carbocycles. The van der Waals surface area contributed by atoms with Gasteiger partial charge in [0.25, 0.3) is 0 Å². The zero-order valence-electron chi connectivity index (χ0n) is 23.9. The molecular formula is C41H30N2. The third-order valence-electron chi connectivity index (χ3n) is 7.98. The van der Waals surface area contributed by atoms with Crippen molar-refractivity contribution in [1.82, 2.24) is 4.98 Å². The third kappa shape index (κ3) is 5.42.